The molecule has 0 unspecified atom stereocenters. The van der Waals surface area contributed by atoms with Gasteiger partial charge in [0.1, 0.15) is 18.7 Å². The summed E-state index contributed by atoms with van der Waals surface area (Å²) in [5, 5.41) is 2.80. The van der Waals surface area contributed by atoms with E-state index in [0.717, 1.165) is 11.1 Å². The van der Waals surface area contributed by atoms with Crippen molar-refractivity contribution in [1.82, 2.24) is 10.2 Å². The van der Waals surface area contributed by atoms with Crippen LogP contribution >= 0.6 is 0 Å². The number of hydrogen-bond donors (Lipinski definition) is 1. The molecule has 1 N–H and O–H groups in total. The van der Waals surface area contributed by atoms with Crippen LogP contribution < -0.4 is 5.32 Å². The van der Waals surface area contributed by atoms with Crippen molar-refractivity contribution in [2.45, 2.75) is 65.1 Å². The molecule has 7 nitrogen and oxygen atoms in total. The molecule has 0 saturated carbocycles. The Morgan fingerprint density at radius 2 is 1.60 bits per heavy atom. The smallest absolute Gasteiger partial charge is 0.329 e. The first-order valence-corrected chi connectivity index (χ1v) is 12.1. The zero-order valence-corrected chi connectivity index (χ0v) is 20.7. The topological polar surface area (TPSA) is 92.8 Å². The third kappa shape index (κ3) is 6.78. The highest BCUT2D eigenvalue weighted by Crippen LogP contribution is 2.25. The van der Waals surface area contributed by atoms with Crippen molar-refractivity contribution < 1.29 is 23.9 Å². The zero-order chi connectivity index (χ0) is 25.4. The Bertz CT molecular complexity index is 1040. The summed E-state index contributed by atoms with van der Waals surface area (Å²) in [6, 6.07) is 17.0. The van der Waals surface area contributed by atoms with Gasteiger partial charge >= 0.3 is 5.97 Å². The van der Waals surface area contributed by atoms with Crippen molar-refractivity contribution >= 4 is 23.6 Å². The Morgan fingerprint density at radius 1 is 1.00 bits per heavy atom. The number of nitrogens with zero attached hydrogens (tertiary/aromatic N) is 1. The Kier molecular flexibility index (Phi) is 8.79. The summed E-state index contributed by atoms with van der Waals surface area (Å²) >= 11 is 0. The molecule has 0 radical (unpaired) electrons. The molecule has 1 saturated heterocycles. The van der Waals surface area contributed by atoms with E-state index in [2.05, 4.69) is 5.32 Å². The second-order valence-corrected chi connectivity index (χ2v) is 9.57. The SMILES string of the molecule is CCC(C)(C)C(=O)C(=O)N1CCC[C@H]1C(=O)N[C@H](Cc1ccccc1)C(=O)OCc1ccccc1. The Balaban J connectivity index is 1.72. The molecule has 2 aromatic carbocycles. The molecule has 2 aromatic rings. The number of hydrogen-bond acceptors (Lipinski definition) is 5. The molecule has 1 fully saturated rings. The molecule has 1 aliphatic rings. The van der Waals surface area contributed by atoms with Gasteiger partial charge in [0, 0.05) is 18.4 Å². The van der Waals surface area contributed by atoms with E-state index in [1.807, 2.05) is 67.6 Å². The highest BCUT2D eigenvalue weighted by molar-refractivity contribution is 6.38. The number of nitrogens with one attached hydrogen (secondary N) is 1. The predicted octanol–water partition coefficient (Wildman–Crippen LogP) is 3.45. The van der Waals surface area contributed by atoms with Gasteiger partial charge in [0.2, 0.25) is 11.7 Å². The van der Waals surface area contributed by atoms with Gasteiger partial charge in [-0.3, -0.25) is 14.4 Å². The fourth-order valence-electron chi connectivity index (χ4n) is 4.00. The zero-order valence-electron chi connectivity index (χ0n) is 20.7. The van der Waals surface area contributed by atoms with Crippen molar-refractivity contribution in [3.8, 4) is 0 Å². The van der Waals surface area contributed by atoms with E-state index >= 15 is 0 Å². The number of benzene rings is 2. The van der Waals surface area contributed by atoms with Crippen LogP contribution in [-0.2, 0) is 36.9 Å². The van der Waals surface area contributed by atoms with Gasteiger partial charge in [-0.1, -0.05) is 81.4 Å². The number of likely N-dealkylation sites (tertiary alicyclic amines) is 1. The normalized spacial score (nSPS) is 16.4. The summed E-state index contributed by atoms with van der Waals surface area (Å²) in [5.41, 5.74) is 0.918. The lowest BCUT2D eigenvalue weighted by Crippen LogP contribution is -2.54. The maximum absolute atomic E-state index is 13.3. The number of rotatable bonds is 10. The van der Waals surface area contributed by atoms with Crippen LogP contribution in [0, 0.1) is 5.41 Å². The molecule has 1 aliphatic heterocycles. The van der Waals surface area contributed by atoms with Gasteiger partial charge in [0.15, 0.2) is 0 Å². The average Bonchev–Trinajstić information content (AvgIpc) is 3.37. The van der Waals surface area contributed by atoms with E-state index in [4.69, 9.17) is 4.74 Å². The number of amides is 2. The first kappa shape index (κ1) is 26.1. The minimum Gasteiger partial charge on any atom is -0.459 e. The highest BCUT2D eigenvalue weighted by atomic mass is 16.5. The Hall–Kier alpha value is -3.48. The van der Waals surface area contributed by atoms with Crippen molar-refractivity contribution in [2.24, 2.45) is 5.41 Å². The fraction of sp³-hybridized carbons (Fsp3) is 0.429. The maximum Gasteiger partial charge on any atom is 0.329 e. The van der Waals surface area contributed by atoms with Crippen LogP contribution in [0.4, 0.5) is 0 Å². The molecule has 1 heterocycles. The largest absolute Gasteiger partial charge is 0.459 e. The van der Waals surface area contributed by atoms with Gasteiger partial charge in [0.05, 0.1) is 0 Å². The number of Topliss-reactive ketones (excluding diaryl/α,β-unsaturated/α-hetero) is 1. The van der Waals surface area contributed by atoms with E-state index < -0.39 is 41.1 Å². The number of ketones is 1. The second-order valence-electron chi connectivity index (χ2n) is 9.57. The minimum atomic E-state index is -0.922. The predicted molar refractivity (Wildman–Crippen MR) is 132 cm³/mol. The van der Waals surface area contributed by atoms with Crippen LogP contribution in [0.25, 0.3) is 0 Å². The van der Waals surface area contributed by atoms with Crippen LogP contribution in [-0.4, -0.2) is 47.1 Å². The first-order valence-electron chi connectivity index (χ1n) is 12.1. The quantitative estimate of drug-likeness (QED) is 0.417. The molecule has 0 spiro atoms. The van der Waals surface area contributed by atoms with Gasteiger partial charge < -0.3 is 15.0 Å². The van der Waals surface area contributed by atoms with Crippen molar-refractivity contribution in [2.75, 3.05) is 6.54 Å². The monoisotopic (exact) mass is 478 g/mol. The molecule has 0 aromatic heterocycles. The van der Waals surface area contributed by atoms with Crippen LogP contribution in [0.2, 0.25) is 0 Å². The second kappa shape index (κ2) is 11.8. The molecule has 3 rings (SSSR count). The Labute approximate surface area is 206 Å². The van der Waals surface area contributed by atoms with Crippen LogP contribution in [0.3, 0.4) is 0 Å². The fourth-order valence-corrected chi connectivity index (χ4v) is 4.00. The van der Waals surface area contributed by atoms with Crippen molar-refractivity contribution in [3.05, 3.63) is 71.8 Å². The van der Waals surface area contributed by atoms with Gasteiger partial charge in [-0.05, 0) is 30.4 Å². The summed E-state index contributed by atoms with van der Waals surface area (Å²) < 4.78 is 5.51. The van der Waals surface area contributed by atoms with E-state index in [1.54, 1.807) is 13.8 Å². The van der Waals surface area contributed by atoms with Crippen molar-refractivity contribution in [3.63, 3.8) is 0 Å². The number of carbonyl (C=O) groups excluding carboxylic acids is 4. The summed E-state index contributed by atoms with van der Waals surface area (Å²) in [6.07, 6.45) is 1.83. The van der Waals surface area contributed by atoms with E-state index in [9.17, 15) is 19.2 Å². The third-order valence-corrected chi connectivity index (χ3v) is 6.62. The molecule has 2 amide bonds. The van der Waals surface area contributed by atoms with Crippen molar-refractivity contribution in [1.29, 1.82) is 0 Å². The standard InChI is InChI=1S/C28H34N2O5/c1-4-28(2,3)24(31)26(33)30-17-11-16-23(30)25(32)29-22(18-20-12-7-5-8-13-20)27(34)35-19-21-14-9-6-10-15-21/h5-10,12-15,22-23H,4,11,16-19H2,1-3H3,(H,29,32)/t22-,23+/m1/s1. The maximum atomic E-state index is 13.3. The van der Waals surface area contributed by atoms with Gasteiger partial charge in [0.25, 0.3) is 5.91 Å². The lowest BCUT2D eigenvalue weighted by Gasteiger charge is -2.28. The number of carbonyl (C=O) groups is 4. The third-order valence-electron chi connectivity index (χ3n) is 6.62. The molecule has 7 heteroatoms. The van der Waals surface area contributed by atoms with Crippen LogP contribution in [0.15, 0.2) is 60.7 Å². The van der Waals surface area contributed by atoms with Gasteiger partial charge in [-0.25, -0.2) is 4.79 Å². The Morgan fingerprint density at radius 3 is 2.20 bits per heavy atom. The molecule has 2 atom stereocenters. The summed E-state index contributed by atoms with van der Waals surface area (Å²) in [5.74, 6) is -2.13. The van der Waals surface area contributed by atoms with Gasteiger partial charge in [-0.15, -0.1) is 0 Å². The van der Waals surface area contributed by atoms with E-state index in [-0.39, 0.29) is 13.0 Å². The van der Waals surface area contributed by atoms with Crippen LogP contribution in [0.1, 0.15) is 51.2 Å². The molecular weight excluding hydrogens is 444 g/mol. The average molecular weight is 479 g/mol. The number of esters is 1. The van der Waals surface area contributed by atoms with E-state index in [0.29, 0.717) is 25.8 Å². The molecular formula is C28H34N2O5. The molecule has 0 bridgehead atoms. The number of ether oxygens (including phenoxy) is 1. The summed E-state index contributed by atoms with van der Waals surface area (Å²) in [7, 11) is 0. The van der Waals surface area contributed by atoms with E-state index in [1.165, 1.54) is 4.90 Å². The highest BCUT2D eigenvalue weighted by Gasteiger charge is 2.41. The molecule has 186 valence electrons. The van der Waals surface area contributed by atoms with Gasteiger partial charge in [-0.2, -0.15) is 0 Å². The lowest BCUT2D eigenvalue weighted by atomic mass is 9.84. The summed E-state index contributed by atoms with van der Waals surface area (Å²) in [4.78, 5) is 53.3. The minimum absolute atomic E-state index is 0.0927. The summed E-state index contributed by atoms with van der Waals surface area (Å²) in [6.45, 7) is 5.75. The van der Waals surface area contributed by atoms with Crippen LogP contribution in [0.5, 0.6) is 0 Å². The lowest BCUT2D eigenvalue weighted by molar-refractivity contribution is -0.152. The first-order chi connectivity index (χ1) is 16.7. The molecule has 0 aliphatic carbocycles. The molecule has 35 heavy (non-hydrogen) atoms.